The van der Waals surface area contributed by atoms with E-state index in [1.807, 2.05) is 12.1 Å². The lowest BCUT2D eigenvalue weighted by atomic mass is 10.3. The SMILES string of the molecule is N#Cc1ccc(NCCCOCCO)cn1. The summed E-state index contributed by atoms with van der Waals surface area (Å²) >= 11 is 0. The molecule has 1 aromatic rings. The van der Waals surface area contributed by atoms with E-state index < -0.39 is 0 Å². The van der Waals surface area contributed by atoms with Crippen LogP contribution in [-0.2, 0) is 4.74 Å². The molecule has 0 unspecified atom stereocenters. The Morgan fingerprint density at radius 2 is 2.31 bits per heavy atom. The number of nitriles is 1. The second kappa shape index (κ2) is 7.63. The number of rotatable bonds is 7. The van der Waals surface area contributed by atoms with Crippen molar-refractivity contribution in [3.8, 4) is 6.07 Å². The zero-order valence-corrected chi connectivity index (χ0v) is 9.02. The van der Waals surface area contributed by atoms with Crippen molar-refractivity contribution in [2.45, 2.75) is 6.42 Å². The van der Waals surface area contributed by atoms with Crippen LogP contribution in [0.25, 0.3) is 0 Å². The third kappa shape index (κ3) is 4.73. The number of nitrogens with one attached hydrogen (secondary N) is 1. The normalized spacial score (nSPS) is 9.75. The maximum absolute atomic E-state index is 8.56. The molecule has 1 aromatic heterocycles. The zero-order chi connectivity index (χ0) is 11.6. The molecule has 0 bridgehead atoms. The van der Waals surface area contributed by atoms with Gasteiger partial charge >= 0.3 is 0 Å². The standard InChI is InChI=1S/C11H15N3O2/c12-8-10-2-3-11(9-14-10)13-4-1-6-16-7-5-15/h2-3,9,13,15H,1,4-7H2. The minimum absolute atomic E-state index is 0.0625. The smallest absolute Gasteiger partial charge is 0.140 e. The number of aliphatic hydroxyl groups excluding tert-OH is 1. The second-order valence-electron chi connectivity index (χ2n) is 3.16. The van der Waals surface area contributed by atoms with Gasteiger partial charge in [0.2, 0.25) is 0 Å². The minimum Gasteiger partial charge on any atom is -0.394 e. The molecule has 2 N–H and O–H groups in total. The Balaban J connectivity index is 2.15. The van der Waals surface area contributed by atoms with Gasteiger partial charge in [0, 0.05) is 13.2 Å². The number of anilines is 1. The molecule has 0 amide bonds. The van der Waals surface area contributed by atoms with Crippen LogP contribution in [0.3, 0.4) is 0 Å². The van der Waals surface area contributed by atoms with Gasteiger partial charge in [-0.15, -0.1) is 0 Å². The molecule has 0 fully saturated rings. The molecule has 1 heterocycles. The highest BCUT2D eigenvalue weighted by atomic mass is 16.5. The maximum Gasteiger partial charge on any atom is 0.140 e. The maximum atomic E-state index is 8.56. The van der Waals surface area contributed by atoms with Crippen LogP contribution >= 0.6 is 0 Å². The number of aliphatic hydroxyl groups is 1. The number of hydrogen-bond acceptors (Lipinski definition) is 5. The number of hydrogen-bond donors (Lipinski definition) is 2. The van der Waals surface area contributed by atoms with Crippen molar-refractivity contribution in [2.75, 3.05) is 31.7 Å². The summed E-state index contributed by atoms with van der Waals surface area (Å²) in [7, 11) is 0. The van der Waals surface area contributed by atoms with E-state index in [0.717, 1.165) is 18.7 Å². The first-order chi connectivity index (χ1) is 7.86. The highest BCUT2D eigenvalue weighted by Gasteiger charge is 1.94. The molecule has 0 saturated heterocycles. The summed E-state index contributed by atoms with van der Waals surface area (Å²) in [4.78, 5) is 3.94. The lowest BCUT2D eigenvalue weighted by Crippen LogP contribution is -2.07. The van der Waals surface area contributed by atoms with Crippen LogP contribution in [0.15, 0.2) is 18.3 Å². The molecule has 16 heavy (non-hydrogen) atoms. The predicted octanol–water partition coefficient (Wildman–Crippen LogP) is 0.764. The molecule has 5 nitrogen and oxygen atoms in total. The lowest BCUT2D eigenvalue weighted by Gasteiger charge is -2.05. The molecule has 0 aliphatic carbocycles. The van der Waals surface area contributed by atoms with Crippen molar-refractivity contribution < 1.29 is 9.84 Å². The molecule has 0 saturated carbocycles. The number of ether oxygens (including phenoxy) is 1. The summed E-state index contributed by atoms with van der Waals surface area (Å²) in [5, 5.41) is 20.2. The fraction of sp³-hybridized carbons (Fsp3) is 0.455. The molecule has 0 radical (unpaired) electrons. The third-order valence-electron chi connectivity index (χ3n) is 1.91. The first kappa shape index (κ1) is 12.4. The fourth-order valence-corrected chi connectivity index (χ4v) is 1.14. The molecule has 0 aliphatic rings. The van der Waals surface area contributed by atoms with Gasteiger partial charge in [-0.2, -0.15) is 5.26 Å². The number of pyridine rings is 1. The Labute approximate surface area is 94.7 Å². The molecule has 0 spiro atoms. The van der Waals surface area contributed by atoms with Gasteiger partial charge in [-0.25, -0.2) is 4.98 Å². The van der Waals surface area contributed by atoms with Crippen molar-refractivity contribution in [2.24, 2.45) is 0 Å². The number of nitrogens with zero attached hydrogens (tertiary/aromatic N) is 2. The van der Waals surface area contributed by atoms with Crippen LogP contribution in [0.1, 0.15) is 12.1 Å². The Kier molecular flexibility index (Phi) is 5.92. The van der Waals surface area contributed by atoms with E-state index in [1.54, 1.807) is 12.3 Å². The molecular formula is C11H15N3O2. The van der Waals surface area contributed by atoms with Gasteiger partial charge < -0.3 is 15.2 Å². The predicted molar refractivity (Wildman–Crippen MR) is 60.0 cm³/mol. The van der Waals surface area contributed by atoms with E-state index in [1.165, 1.54) is 0 Å². The van der Waals surface area contributed by atoms with Gasteiger partial charge in [0.1, 0.15) is 11.8 Å². The van der Waals surface area contributed by atoms with Gasteiger partial charge in [0.15, 0.2) is 0 Å². The van der Waals surface area contributed by atoms with E-state index in [-0.39, 0.29) is 6.61 Å². The summed E-state index contributed by atoms with van der Waals surface area (Å²) in [5.74, 6) is 0. The van der Waals surface area contributed by atoms with E-state index in [9.17, 15) is 0 Å². The summed E-state index contributed by atoms with van der Waals surface area (Å²) in [6, 6.07) is 5.45. The molecule has 5 heteroatoms. The van der Waals surface area contributed by atoms with Gasteiger partial charge in [-0.1, -0.05) is 0 Å². The van der Waals surface area contributed by atoms with E-state index in [0.29, 0.717) is 18.9 Å². The topological polar surface area (TPSA) is 78.2 Å². The van der Waals surface area contributed by atoms with Crippen LogP contribution in [0.5, 0.6) is 0 Å². The van der Waals surface area contributed by atoms with Crippen LogP contribution in [0.2, 0.25) is 0 Å². The van der Waals surface area contributed by atoms with Crippen molar-refractivity contribution in [1.82, 2.24) is 4.98 Å². The van der Waals surface area contributed by atoms with E-state index in [4.69, 9.17) is 15.1 Å². The summed E-state index contributed by atoms with van der Waals surface area (Å²) in [5.41, 5.74) is 1.30. The molecular weight excluding hydrogens is 206 g/mol. The van der Waals surface area contributed by atoms with Crippen molar-refractivity contribution in [3.05, 3.63) is 24.0 Å². The Morgan fingerprint density at radius 1 is 1.44 bits per heavy atom. The quantitative estimate of drug-likeness (QED) is 0.665. The summed E-state index contributed by atoms with van der Waals surface area (Å²) in [6.07, 6.45) is 2.49. The highest BCUT2D eigenvalue weighted by molar-refractivity contribution is 5.42. The average Bonchev–Trinajstić information content (AvgIpc) is 2.34. The van der Waals surface area contributed by atoms with E-state index >= 15 is 0 Å². The first-order valence-corrected chi connectivity index (χ1v) is 5.15. The molecule has 0 atom stereocenters. The van der Waals surface area contributed by atoms with Crippen molar-refractivity contribution in [1.29, 1.82) is 5.26 Å². The van der Waals surface area contributed by atoms with Gasteiger partial charge in [0.25, 0.3) is 0 Å². The Bertz CT molecular complexity index is 332. The third-order valence-corrected chi connectivity index (χ3v) is 1.91. The van der Waals surface area contributed by atoms with Crippen LogP contribution in [0, 0.1) is 11.3 Å². The fourth-order valence-electron chi connectivity index (χ4n) is 1.14. The molecule has 0 aliphatic heterocycles. The Morgan fingerprint density at radius 3 is 2.94 bits per heavy atom. The molecule has 86 valence electrons. The van der Waals surface area contributed by atoms with Gasteiger partial charge in [-0.3, -0.25) is 0 Å². The van der Waals surface area contributed by atoms with Gasteiger partial charge in [-0.05, 0) is 18.6 Å². The second-order valence-corrected chi connectivity index (χ2v) is 3.16. The lowest BCUT2D eigenvalue weighted by molar-refractivity contribution is 0.0922. The summed E-state index contributed by atoms with van der Waals surface area (Å²) in [6.45, 7) is 1.85. The first-order valence-electron chi connectivity index (χ1n) is 5.15. The number of aromatic nitrogens is 1. The monoisotopic (exact) mass is 221 g/mol. The average molecular weight is 221 g/mol. The van der Waals surface area contributed by atoms with Crippen LogP contribution in [-0.4, -0.2) is 36.5 Å². The Hall–Kier alpha value is -1.64. The van der Waals surface area contributed by atoms with Crippen molar-refractivity contribution >= 4 is 5.69 Å². The highest BCUT2D eigenvalue weighted by Crippen LogP contribution is 2.05. The van der Waals surface area contributed by atoms with Crippen molar-refractivity contribution in [3.63, 3.8) is 0 Å². The largest absolute Gasteiger partial charge is 0.394 e. The summed E-state index contributed by atoms with van der Waals surface area (Å²) < 4.78 is 5.11. The van der Waals surface area contributed by atoms with Crippen LogP contribution < -0.4 is 5.32 Å². The minimum atomic E-state index is 0.0625. The van der Waals surface area contributed by atoms with Gasteiger partial charge in [0.05, 0.1) is 25.1 Å². The van der Waals surface area contributed by atoms with Crippen LogP contribution in [0.4, 0.5) is 5.69 Å². The zero-order valence-electron chi connectivity index (χ0n) is 9.02. The molecule has 0 aromatic carbocycles. The van der Waals surface area contributed by atoms with E-state index in [2.05, 4.69) is 10.3 Å². The molecule has 1 rings (SSSR count).